The van der Waals surface area contributed by atoms with Crippen molar-refractivity contribution in [1.29, 1.82) is 0 Å². The van der Waals surface area contributed by atoms with E-state index < -0.39 is 6.10 Å². The molecule has 30 heavy (non-hydrogen) atoms. The summed E-state index contributed by atoms with van der Waals surface area (Å²) in [7, 11) is 0. The van der Waals surface area contributed by atoms with Crippen LogP contribution in [0.1, 0.15) is 84.8 Å². The van der Waals surface area contributed by atoms with E-state index in [0.29, 0.717) is 25.3 Å². The smallest absolute Gasteiger partial charge is 0.223 e. The van der Waals surface area contributed by atoms with Crippen LogP contribution in [0.4, 0.5) is 0 Å². The SMILES string of the molecule is CCCN(CCC(C)C(=O)NC(C)C(O)c1ccccc1)C(=O)CCC[C@@H](C)CC. The van der Waals surface area contributed by atoms with Gasteiger partial charge in [0.15, 0.2) is 0 Å². The standard InChI is InChI=1S/C25H42N2O3/c1-6-17-27(23(28)15-11-12-19(3)7-2)18-16-20(4)25(30)26-21(5)24(29)22-13-9-8-10-14-22/h8-10,13-14,19-21,24,29H,6-7,11-12,15-18H2,1-5H3,(H,26,30)/t19-,20?,21?,24?/m0/s1. The fraction of sp³-hybridized carbons (Fsp3) is 0.680. The van der Waals surface area contributed by atoms with Crippen molar-refractivity contribution >= 4 is 11.8 Å². The minimum absolute atomic E-state index is 0.0850. The molecule has 0 aromatic heterocycles. The Bertz CT molecular complexity index is 620. The molecule has 2 N–H and O–H groups in total. The highest BCUT2D eigenvalue weighted by atomic mass is 16.3. The average Bonchev–Trinajstić information content (AvgIpc) is 2.75. The number of rotatable bonds is 14. The number of hydrogen-bond acceptors (Lipinski definition) is 3. The molecular weight excluding hydrogens is 376 g/mol. The van der Waals surface area contributed by atoms with Gasteiger partial charge < -0.3 is 15.3 Å². The van der Waals surface area contributed by atoms with Gasteiger partial charge in [-0.3, -0.25) is 9.59 Å². The van der Waals surface area contributed by atoms with Crippen molar-refractivity contribution < 1.29 is 14.7 Å². The second-order valence-electron chi connectivity index (χ2n) is 8.63. The normalized spacial score (nSPS) is 15.1. The summed E-state index contributed by atoms with van der Waals surface area (Å²) in [6.07, 6.45) is 4.55. The number of aliphatic hydroxyl groups is 1. The zero-order valence-corrected chi connectivity index (χ0v) is 19.6. The first-order valence-corrected chi connectivity index (χ1v) is 11.6. The quantitative estimate of drug-likeness (QED) is 0.460. The fourth-order valence-electron chi connectivity index (χ4n) is 3.46. The summed E-state index contributed by atoms with van der Waals surface area (Å²) in [5.41, 5.74) is 0.787. The molecule has 0 heterocycles. The lowest BCUT2D eigenvalue weighted by Gasteiger charge is -2.25. The fourth-order valence-corrected chi connectivity index (χ4v) is 3.46. The Kier molecular flexibility index (Phi) is 12.4. The van der Waals surface area contributed by atoms with Crippen LogP contribution in [0.15, 0.2) is 30.3 Å². The first kappa shape index (κ1) is 26.2. The number of amides is 2. The van der Waals surface area contributed by atoms with E-state index >= 15 is 0 Å². The summed E-state index contributed by atoms with van der Waals surface area (Å²) in [6.45, 7) is 11.5. The van der Waals surface area contributed by atoms with Crippen molar-refractivity contribution in [3.05, 3.63) is 35.9 Å². The maximum Gasteiger partial charge on any atom is 0.223 e. The molecule has 1 aromatic carbocycles. The number of aliphatic hydroxyl groups excluding tert-OH is 1. The van der Waals surface area contributed by atoms with Gasteiger partial charge >= 0.3 is 0 Å². The summed E-state index contributed by atoms with van der Waals surface area (Å²) in [5.74, 6) is 0.552. The van der Waals surface area contributed by atoms with Gasteiger partial charge in [-0.1, -0.05) is 70.9 Å². The van der Waals surface area contributed by atoms with Crippen LogP contribution in [-0.2, 0) is 9.59 Å². The zero-order valence-electron chi connectivity index (χ0n) is 19.6. The van der Waals surface area contributed by atoms with Crippen molar-refractivity contribution in [3.63, 3.8) is 0 Å². The van der Waals surface area contributed by atoms with Crippen LogP contribution in [0.3, 0.4) is 0 Å². The molecule has 5 nitrogen and oxygen atoms in total. The van der Waals surface area contributed by atoms with Gasteiger partial charge in [-0.05, 0) is 37.7 Å². The molecule has 0 radical (unpaired) electrons. The second kappa shape index (κ2) is 14.2. The largest absolute Gasteiger partial charge is 0.386 e. The molecule has 2 amide bonds. The molecule has 0 aliphatic rings. The van der Waals surface area contributed by atoms with Gasteiger partial charge in [0.25, 0.3) is 0 Å². The molecule has 3 unspecified atom stereocenters. The van der Waals surface area contributed by atoms with E-state index in [1.54, 1.807) is 0 Å². The van der Waals surface area contributed by atoms with E-state index in [1.807, 2.05) is 49.1 Å². The summed E-state index contributed by atoms with van der Waals surface area (Å²) >= 11 is 0. The maximum absolute atomic E-state index is 12.6. The summed E-state index contributed by atoms with van der Waals surface area (Å²) in [5, 5.41) is 13.4. The first-order valence-electron chi connectivity index (χ1n) is 11.6. The Morgan fingerprint density at radius 1 is 1.03 bits per heavy atom. The Labute approximate surface area is 183 Å². The van der Waals surface area contributed by atoms with Crippen LogP contribution in [0.2, 0.25) is 0 Å². The Morgan fingerprint density at radius 2 is 1.70 bits per heavy atom. The average molecular weight is 419 g/mol. The van der Waals surface area contributed by atoms with Gasteiger partial charge in [-0.25, -0.2) is 0 Å². The number of benzene rings is 1. The van der Waals surface area contributed by atoms with Crippen molar-refractivity contribution in [1.82, 2.24) is 10.2 Å². The molecule has 5 heteroatoms. The van der Waals surface area contributed by atoms with Crippen molar-refractivity contribution in [2.75, 3.05) is 13.1 Å². The van der Waals surface area contributed by atoms with E-state index in [9.17, 15) is 14.7 Å². The van der Waals surface area contributed by atoms with Crippen molar-refractivity contribution in [2.45, 2.75) is 85.3 Å². The van der Waals surface area contributed by atoms with Crippen molar-refractivity contribution in [3.8, 4) is 0 Å². The molecule has 0 aliphatic carbocycles. The lowest BCUT2D eigenvalue weighted by molar-refractivity contribution is -0.133. The number of nitrogens with zero attached hydrogens (tertiary/aromatic N) is 1. The highest BCUT2D eigenvalue weighted by Gasteiger charge is 2.22. The molecule has 0 aliphatic heterocycles. The van der Waals surface area contributed by atoms with Gasteiger partial charge in [-0.15, -0.1) is 0 Å². The summed E-state index contributed by atoms with van der Waals surface area (Å²) < 4.78 is 0. The Balaban J connectivity index is 2.48. The third-order valence-corrected chi connectivity index (χ3v) is 5.89. The lowest BCUT2D eigenvalue weighted by atomic mass is 10.0. The number of carbonyl (C=O) groups excluding carboxylic acids is 2. The molecule has 1 rings (SSSR count). The Morgan fingerprint density at radius 3 is 2.30 bits per heavy atom. The topological polar surface area (TPSA) is 69.6 Å². The third-order valence-electron chi connectivity index (χ3n) is 5.89. The predicted molar refractivity (Wildman–Crippen MR) is 123 cm³/mol. The molecule has 0 bridgehead atoms. The molecule has 0 fully saturated rings. The minimum Gasteiger partial charge on any atom is -0.386 e. The maximum atomic E-state index is 12.6. The summed E-state index contributed by atoms with van der Waals surface area (Å²) in [4.78, 5) is 27.1. The lowest BCUT2D eigenvalue weighted by Crippen LogP contribution is -2.41. The van der Waals surface area contributed by atoms with Gasteiger partial charge in [0.2, 0.25) is 11.8 Å². The van der Waals surface area contributed by atoms with Crippen LogP contribution < -0.4 is 5.32 Å². The molecule has 4 atom stereocenters. The van der Waals surface area contributed by atoms with E-state index in [4.69, 9.17) is 0 Å². The summed E-state index contributed by atoms with van der Waals surface area (Å²) in [6, 6.07) is 8.97. The molecular formula is C25H42N2O3. The zero-order chi connectivity index (χ0) is 22.5. The van der Waals surface area contributed by atoms with E-state index in [-0.39, 0.29) is 23.8 Å². The van der Waals surface area contributed by atoms with Gasteiger partial charge in [-0.2, -0.15) is 0 Å². The second-order valence-corrected chi connectivity index (χ2v) is 8.63. The molecule has 1 aromatic rings. The number of nitrogens with one attached hydrogen (secondary N) is 1. The molecule has 0 saturated carbocycles. The van der Waals surface area contributed by atoms with Crippen molar-refractivity contribution in [2.24, 2.45) is 11.8 Å². The third kappa shape index (κ3) is 9.29. The van der Waals surface area contributed by atoms with Crippen LogP contribution in [0.25, 0.3) is 0 Å². The monoisotopic (exact) mass is 418 g/mol. The van der Waals surface area contributed by atoms with E-state index in [1.165, 1.54) is 0 Å². The highest BCUT2D eigenvalue weighted by molar-refractivity contribution is 5.79. The molecule has 0 spiro atoms. The molecule has 0 saturated heterocycles. The first-order chi connectivity index (χ1) is 14.3. The minimum atomic E-state index is -0.744. The van der Waals surface area contributed by atoms with E-state index in [0.717, 1.165) is 37.8 Å². The van der Waals surface area contributed by atoms with Gasteiger partial charge in [0, 0.05) is 25.4 Å². The van der Waals surface area contributed by atoms with Gasteiger partial charge in [0.05, 0.1) is 12.1 Å². The predicted octanol–water partition coefficient (Wildman–Crippen LogP) is 4.71. The Hall–Kier alpha value is -1.88. The van der Waals surface area contributed by atoms with Crippen LogP contribution in [0.5, 0.6) is 0 Å². The van der Waals surface area contributed by atoms with Crippen LogP contribution >= 0.6 is 0 Å². The highest BCUT2D eigenvalue weighted by Crippen LogP contribution is 2.17. The molecule has 170 valence electrons. The van der Waals surface area contributed by atoms with Gasteiger partial charge in [0.1, 0.15) is 0 Å². The number of carbonyl (C=O) groups is 2. The van der Waals surface area contributed by atoms with Crippen LogP contribution in [-0.4, -0.2) is 41.0 Å². The van der Waals surface area contributed by atoms with E-state index in [2.05, 4.69) is 26.1 Å². The van der Waals surface area contributed by atoms with Crippen LogP contribution in [0, 0.1) is 11.8 Å². The number of hydrogen-bond donors (Lipinski definition) is 2.